The van der Waals surface area contributed by atoms with Gasteiger partial charge in [0.2, 0.25) is 0 Å². The molecule has 0 heterocycles. The predicted molar refractivity (Wildman–Crippen MR) is 73.7 cm³/mol. The lowest BCUT2D eigenvalue weighted by Crippen LogP contribution is -2.25. The second-order valence-electron chi connectivity index (χ2n) is 5.11. The lowest BCUT2D eigenvalue weighted by molar-refractivity contribution is -0.141. The first-order valence-corrected chi connectivity index (χ1v) is 6.51. The number of phenols is 3. The Balaban J connectivity index is 2.61. The molecule has 0 aliphatic heterocycles. The fourth-order valence-corrected chi connectivity index (χ4v) is 2.18. The van der Waals surface area contributed by atoms with Crippen molar-refractivity contribution in [1.29, 1.82) is 0 Å². The Morgan fingerprint density at radius 2 is 1.80 bits per heavy atom. The number of nitrogens with two attached hydrogens (primary N) is 1. The molecule has 0 aliphatic rings. The number of aliphatic carboxylic acids is 1. The average molecular weight is 283 g/mol. The average Bonchev–Trinajstić information content (AvgIpc) is 2.34. The monoisotopic (exact) mass is 283 g/mol. The third-order valence-electron chi connectivity index (χ3n) is 3.40. The van der Waals surface area contributed by atoms with Crippen molar-refractivity contribution in [2.75, 3.05) is 6.54 Å². The molecule has 0 saturated carbocycles. The van der Waals surface area contributed by atoms with Crippen molar-refractivity contribution in [3.05, 3.63) is 17.7 Å². The topological polar surface area (TPSA) is 124 Å². The molecule has 0 saturated heterocycles. The van der Waals surface area contributed by atoms with Gasteiger partial charge in [0, 0.05) is 24.2 Å². The van der Waals surface area contributed by atoms with Crippen LogP contribution in [0.2, 0.25) is 0 Å². The van der Waals surface area contributed by atoms with Crippen LogP contribution >= 0.6 is 0 Å². The predicted octanol–water partition coefficient (Wildman–Crippen LogP) is 1.42. The number of hydrogen-bond donors (Lipinski definition) is 5. The lowest BCUT2D eigenvalue weighted by Gasteiger charge is -2.16. The van der Waals surface area contributed by atoms with Gasteiger partial charge >= 0.3 is 5.97 Å². The normalized spacial score (nSPS) is 13.9. The summed E-state index contributed by atoms with van der Waals surface area (Å²) in [6, 6.07) is 2.33. The van der Waals surface area contributed by atoms with Crippen molar-refractivity contribution >= 4 is 5.97 Å². The van der Waals surface area contributed by atoms with E-state index in [-0.39, 0.29) is 29.7 Å². The SMILES string of the molecule is CC(CCc1c(O)cc(O)cc1O)CC(CN)C(=O)O. The maximum atomic E-state index is 10.9. The Morgan fingerprint density at radius 1 is 1.25 bits per heavy atom. The van der Waals surface area contributed by atoms with Gasteiger partial charge < -0.3 is 26.2 Å². The van der Waals surface area contributed by atoms with Gasteiger partial charge in [-0.2, -0.15) is 0 Å². The van der Waals surface area contributed by atoms with Crippen molar-refractivity contribution in [1.82, 2.24) is 0 Å². The van der Waals surface area contributed by atoms with E-state index in [2.05, 4.69) is 0 Å². The first-order chi connectivity index (χ1) is 9.35. The first kappa shape index (κ1) is 16.1. The number of phenolic OH excluding ortho intramolecular Hbond substituents is 3. The summed E-state index contributed by atoms with van der Waals surface area (Å²) in [5, 5.41) is 37.5. The largest absolute Gasteiger partial charge is 0.508 e. The molecule has 6 N–H and O–H groups in total. The van der Waals surface area contributed by atoms with Crippen LogP contribution in [0.1, 0.15) is 25.3 Å². The molecule has 0 amide bonds. The van der Waals surface area contributed by atoms with Crippen molar-refractivity contribution < 1.29 is 25.2 Å². The number of carboxylic acids is 1. The number of aromatic hydroxyl groups is 3. The van der Waals surface area contributed by atoms with Crippen LogP contribution in [0.25, 0.3) is 0 Å². The van der Waals surface area contributed by atoms with E-state index in [1.165, 1.54) is 12.1 Å². The molecule has 6 heteroatoms. The molecule has 0 aliphatic carbocycles. The molecule has 1 rings (SSSR count). The molecule has 112 valence electrons. The van der Waals surface area contributed by atoms with Crippen molar-refractivity contribution in [2.45, 2.75) is 26.2 Å². The van der Waals surface area contributed by atoms with Gasteiger partial charge in [-0.3, -0.25) is 4.79 Å². The molecule has 2 unspecified atom stereocenters. The highest BCUT2D eigenvalue weighted by molar-refractivity contribution is 5.70. The highest BCUT2D eigenvalue weighted by Crippen LogP contribution is 2.33. The van der Waals surface area contributed by atoms with Crippen LogP contribution in [0.5, 0.6) is 17.2 Å². The van der Waals surface area contributed by atoms with Crippen LogP contribution in [-0.2, 0) is 11.2 Å². The number of rotatable bonds is 7. The number of carboxylic acid groups (broad SMARTS) is 1. The molecule has 1 aromatic rings. The zero-order valence-corrected chi connectivity index (χ0v) is 11.4. The van der Waals surface area contributed by atoms with Crippen LogP contribution < -0.4 is 5.73 Å². The van der Waals surface area contributed by atoms with E-state index < -0.39 is 11.9 Å². The molecule has 20 heavy (non-hydrogen) atoms. The summed E-state index contributed by atoms with van der Waals surface area (Å²) in [4.78, 5) is 10.9. The summed E-state index contributed by atoms with van der Waals surface area (Å²) >= 11 is 0. The van der Waals surface area contributed by atoms with Crippen LogP contribution in [0, 0.1) is 11.8 Å². The molecule has 0 bridgehead atoms. The smallest absolute Gasteiger partial charge is 0.307 e. The second kappa shape index (κ2) is 7.00. The summed E-state index contributed by atoms with van der Waals surface area (Å²) in [5.74, 6) is -1.92. The highest BCUT2D eigenvalue weighted by Gasteiger charge is 2.19. The van der Waals surface area contributed by atoms with Gasteiger partial charge in [-0.1, -0.05) is 6.92 Å². The van der Waals surface area contributed by atoms with Crippen LogP contribution in [-0.4, -0.2) is 32.9 Å². The van der Waals surface area contributed by atoms with E-state index in [9.17, 15) is 20.1 Å². The summed E-state index contributed by atoms with van der Waals surface area (Å²) in [7, 11) is 0. The minimum atomic E-state index is -0.908. The molecular weight excluding hydrogens is 262 g/mol. The maximum Gasteiger partial charge on any atom is 0.307 e. The van der Waals surface area contributed by atoms with E-state index in [0.29, 0.717) is 24.8 Å². The number of benzene rings is 1. The Labute approximate surface area is 117 Å². The molecule has 0 fully saturated rings. The summed E-state index contributed by atoms with van der Waals surface area (Å²) in [6.45, 7) is 2.00. The molecular formula is C14H21NO5. The molecule has 0 spiro atoms. The fourth-order valence-electron chi connectivity index (χ4n) is 2.18. The van der Waals surface area contributed by atoms with Gasteiger partial charge in [0.25, 0.3) is 0 Å². The van der Waals surface area contributed by atoms with Gasteiger partial charge in [0.05, 0.1) is 5.92 Å². The lowest BCUT2D eigenvalue weighted by atomic mass is 9.90. The van der Waals surface area contributed by atoms with Crippen molar-refractivity contribution in [3.63, 3.8) is 0 Å². The quantitative estimate of drug-likeness (QED) is 0.515. The standard InChI is InChI=1S/C14H21NO5/c1-8(4-9(7-15)14(19)20)2-3-11-12(17)5-10(16)6-13(11)18/h5-6,8-9,16-18H,2-4,7,15H2,1H3,(H,19,20). The Bertz CT molecular complexity index is 452. The van der Waals surface area contributed by atoms with E-state index in [1.807, 2.05) is 6.92 Å². The Morgan fingerprint density at radius 3 is 2.25 bits per heavy atom. The number of carbonyl (C=O) groups is 1. The Hall–Kier alpha value is -1.95. The van der Waals surface area contributed by atoms with Gasteiger partial charge in [0.15, 0.2) is 0 Å². The third-order valence-corrected chi connectivity index (χ3v) is 3.40. The van der Waals surface area contributed by atoms with Crippen LogP contribution in [0.3, 0.4) is 0 Å². The van der Waals surface area contributed by atoms with E-state index in [0.717, 1.165) is 0 Å². The first-order valence-electron chi connectivity index (χ1n) is 6.51. The van der Waals surface area contributed by atoms with Crippen LogP contribution in [0.4, 0.5) is 0 Å². The minimum Gasteiger partial charge on any atom is -0.508 e. The molecule has 6 nitrogen and oxygen atoms in total. The summed E-state index contributed by atoms with van der Waals surface area (Å²) < 4.78 is 0. The zero-order chi connectivity index (χ0) is 15.3. The number of hydrogen-bond acceptors (Lipinski definition) is 5. The molecule has 2 atom stereocenters. The van der Waals surface area contributed by atoms with E-state index in [4.69, 9.17) is 10.8 Å². The summed E-state index contributed by atoms with van der Waals surface area (Å²) in [6.07, 6.45) is 1.46. The molecule has 0 radical (unpaired) electrons. The van der Waals surface area contributed by atoms with Gasteiger partial charge in [0.1, 0.15) is 17.2 Å². The second-order valence-corrected chi connectivity index (χ2v) is 5.11. The van der Waals surface area contributed by atoms with Gasteiger partial charge in [-0.25, -0.2) is 0 Å². The van der Waals surface area contributed by atoms with Gasteiger partial charge in [-0.15, -0.1) is 0 Å². The molecule has 0 aromatic heterocycles. The minimum absolute atomic E-state index is 0.0900. The van der Waals surface area contributed by atoms with E-state index in [1.54, 1.807) is 0 Å². The zero-order valence-electron chi connectivity index (χ0n) is 11.4. The van der Waals surface area contributed by atoms with E-state index >= 15 is 0 Å². The molecule has 1 aromatic carbocycles. The van der Waals surface area contributed by atoms with Crippen LogP contribution in [0.15, 0.2) is 12.1 Å². The third kappa shape index (κ3) is 4.31. The maximum absolute atomic E-state index is 10.9. The Kier molecular flexibility index (Phi) is 5.64. The highest BCUT2D eigenvalue weighted by atomic mass is 16.4. The van der Waals surface area contributed by atoms with Crippen molar-refractivity contribution in [3.8, 4) is 17.2 Å². The van der Waals surface area contributed by atoms with Crippen molar-refractivity contribution in [2.24, 2.45) is 17.6 Å². The summed E-state index contributed by atoms with van der Waals surface area (Å²) in [5.41, 5.74) is 5.76. The van der Waals surface area contributed by atoms with Gasteiger partial charge in [-0.05, 0) is 25.2 Å². The fraction of sp³-hybridized carbons (Fsp3) is 0.500.